The van der Waals surface area contributed by atoms with Gasteiger partial charge in [-0.3, -0.25) is 4.79 Å². The van der Waals surface area contributed by atoms with Crippen molar-refractivity contribution in [3.05, 3.63) is 40.0 Å². The molecule has 0 atom stereocenters. The number of halogens is 2. The lowest BCUT2D eigenvalue weighted by Crippen LogP contribution is -2.04. The number of nitrogens with zero attached hydrogens (tertiary/aromatic N) is 2. The van der Waals surface area contributed by atoms with Crippen molar-refractivity contribution in [3.8, 4) is 11.6 Å². The van der Waals surface area contributed by atoms with E-state index in [9.17, 15) is 4.79 Å². The van der Waals surface area contributed by atoms with E-state index in [0.29, 0.717) is 35.3 Å². The zero-order valence-corrected chi connectivity index (χ0v) is 15.9. The van der Waals surface area contributed by atoms with Crippen LogP contribution in [0, 0.1) is 0 Å². The Morgan fingerprint density at radius 1 is 1.39 bits per heavy atom. The molecule has 0 aliphatic rings. The normalized spacial score (nSPS) is 10.8. The number of carbonyl (C=O) groups is 1. The Morgan fingerprint density at radius 3 is 2.70 bits per heavy atom. The van der Waals surface area contributed by atoms with Gasteiger partial charge in [-0.2, -0.15) is 5.10 Å². The lowest BCUT2D eigenvalue weighted by molar-refractivity contribution is -0.136. The van der Waals surface area contributed by atoms with Gasteiger partial charge < -0.3 is 9.84 Å². The molecule has 0 unspecified atom stereocenters. The van der Waals surface area contributed by atoms with E-state index in [1.165, 1.54) is 0 Å². The summed E-state index contributed by atoms with van der Waals surface area (Å²) in [5, 5.41) is 14.0. The molecule has 1 heterocycles. The maximum atomic E-state index is 11.0. The Bertz CT molecular complexity index is 716. The number of aromatic nitrogens is 2. The highest BCUT2D eigenvalue weighted by molar-refractivity contribution is 14.1. The van der Waals surface area contributed by atoms with Crippen molar-refractivity contribution >= 4 is 40.2 Å². The van der Waals surface area contributed by atoms with E-state index in [1.807, 2.05) is 26.0 Å². The molecule has 0 spiro atoms. The number of rotatable bonds is 7. The van der Waals surface area contributed by atoms with Gasteiger partial charge in [0.25, 0.3) is 0 Å². The van der Waals surface area contributed by atoms with E-state index in [1.54, 1.807) is 10.7 Å². The third-order valence-corrected chi connectivity index (χ3v) is 4.45. The fourth-order valence-electron chi connectivity index (χ4n) is 2.37. The van der Waals surface area contributed by atoms with Gasteiger partial charge in [0.05, 0.1) is 12.1 Å². The number of hydrogen-bond acceptors (Lipinski definition) is 3. The number of carboxylic acids is 1. The van der Waals surface area contributed by atoms with E-state index in [2.05, 4.69) is 27.7 Å². The van der Waals surface area contributed by atoms with Crippen LogP contribution in [0.25, 0.3) is 0 Å². The summed E-state index contributed by atoms with van der Waals surface area (Å²) in [6, 6.07) is 5.58. The quantitative estimate of drug-likeness (QED) is 0.501. The minimum absolute atomic E-state index is 0.110. The molecule has 0 aliphatic heterocycles. The van der Waals surface area contributed by atoms with Crippen LogP contribution >= 0.6 is 34.2 Å². The maximum Gasteiger partial charge on any atom is 0.309 e. The Kier molecular flexibility index (Phi) is 6.29. The van der Waals surface area contributed by atoms with Crippen LogP contribution in [-0.4, -0.2) is 20.9 Å². The van der Waals surface area contributed by atoms with Crippen LogP contribution in [0.3, 0.4) is 0 Å². The molecule has 0 saturated heterocycles. The molecule has 0 bridgehead atoms. The summed E-state index contributed by atoms with van der Waals surface area (Å²) >= 11 is 8.40. The van der Waals surface area contributed by atoms with Gasteiger partial charge in [-0.1, -0.05) is 41.1 Å². The minimum atomic E-state index is -0.901. The molecule has 2 rings (SSSR count). The number of benzene rings is 1. The number of alkyl halides is 1. The third-order valence-electron chi connectivity index (χ3n) is 3.35. The van der Waals surface area contributed by atoms with Gasteiger partial charge in [-0.25, -0.2) is 4.68 Å². The second kappa shape index (κ2) is 8.01. The molecular weight excluding hydrogens is 431 g/mol. The predicted octanol–water partition coefficient (Wildman–Crippen LogP) is 4.47. The fraction of sp³-hybridized carbons (Fsp3) is 0.375. The maximum absolute atomic E-state index is 11.0. The second-order valence-electron chi connectivity index (χ2n) is 5.00. The van der Waals surface area contributed by atoms with Gasteiger partial charge in [0.2, 0.25) is 5.88 Å². The summed E-state index contributed by atoms with van der Waals surface area (Å²) in [7, 11) is 0. The molecule has 0 saturated carbocycles. The van der Waals surface area contributed by atoms with Gasteiger partial charge in [0.15, 0.2) is 0 Å². The molecule has 0 aliphatic carbocycles. The van der Waals surface area contributed by atoms with Gasteiger partial charge >= 0.3 is 5.97 Å². The van der Waals surface area contributed by atoms with Crippen LogP contribution in [0.15, 0.2) is 18.2 Å². The summed E-state index contributed by atoms with van der Waals surface area (Å²) in [4.78, 5) is 11.0. The van der Waals surface area contributed by atoms with Gasteiger partial charge in [-0.05, 0) is 37.1 Å². The van der Waals surface area contributed by atoms with Crippen molar-refractivity contribution < 1.29 is 14.6 Å². The molecule has 1 N–H and O–H groups in total. The highest BCUT2D eigenvalue weighted by Crippen LogP contribution is 2.31. The van der Waals surface area contributed by atoms with E-state index in [4.69, 9.17) is 21.4 Å². The number of aryl methyl sites for hydroxylation is 1. The average molecular weight is 449 g/mol. The first kappa shape index (κ1) is 18.1. The molecule has 2 aromatic rings. The molecular formula is C16H18ClIN2O3. The van der Waals surface area contributed by atoms with Gasteiger partial charge in [0, 0.05) is 21.6 Å². The smallest absolute Gasteiger partial charge is 0.309 e. The highest BCUT2D eigenvalue weighted by atomic mass is 127. The number of hydrogen-bond donors (Lipinski definition) is 1. The topological polar surface area (TPSA) is 64.3 Å². The summed E-state index contributed by atoms with van der Waals surface area (Å²) in [5.74, 6) is 0.324. The number of ether oxygens (including phenoxy) is 1. The van der Waals surface area contributed by atoms with Crippen molar-refractivity contribution in [1.82, 2.24) is 9.78 Å². The Hall–Kier alpha value is -1.28. The molecule has 7 heteroatoms. The Balaban J connectivity index is 2.43. The summed E-state index contributed by atoms with van der Waals surface area (Å²) in [6.45, 7) is 4.50. The standard InChI is InChI=1S/C16H18ClIN2O3/c1-3-13-14(8-15(21)22)19-20(4-2)16(13)23-12-6-10(9-18)5-11(17)7-12/h5-7H,3-4,8-9H2,1-2H3,(H,21,22). The Labute approximate surface area is 153 Å². The summed E-state index contributed by atoms with van der Waals surface area (Å²) in [5.41, 5.74) is 2.44. The zero-order chi connectivity index (χ0) is 17.0. The first-order chi connectivity index (χ1) is 11.0. The van der Waals surface area contributed by atoms with Crippen LogP contribution in [0.2, 0.25) is 5.02 Å². The van der Waals surface area contributed by atoms with Crippen molar-refractivity contribution in [1.29, 1.82) is 0 Å². The molecule has 1 aromatic carbocycles. The van der Waals surface area contributed by atoms with Crippen LogP contribution in [0.4, 0.5) is 0 Å². The van der Waals surface area contributed by atoms with E-state index < -0.39 is 5.97 Å². The summed E-state index contributed by atoms with van der Waals surface area (Å²) < 4.78 is 8.55. The molecule has 23 heavy (non-hydrogen) atoms. The molecule has 124 valence electrons. The van der Waals surface area contributed by atoms with Crippen LogP contribution < -0.4 is 4.74 Å². The largest absolute Gasteiger partial charge is 0.481 e. The molecule has 0 amide bonds. The van der Waals surface area contributed by atoms with Gasteiger partial charge in [-0.15, -0.1) is 0 Å². The van der Waals surface area contributed by atoms with Crippen molar-refractivity contribution in [2.24, 2.45) is 0 Å². The first-order valence-electron chi connectivity index (χ1n) is 7.32. The highest BCUT2D eigenvalue weighted by Gasteiger charge is 2.20. The molecule has 0 radical (unpaired) electrons. The fourth-order valence-corrected chi connectivity index (χ4v) is 3.06. The van der Waals surface area contributed by atoms with E-state index in [-0.39, 0.29) is 6.42 Å². The zero-order valence-electron chi connectivity index (χ0n) is 13.0. The lowest BCUT2D eigenvalue weighted by atomic mass is 10.1. The second-order valence-corrected chi connectivity index (χ2v) is 6.20. The Morgan fingerprint density at radius 2 is 2.13 bits per heavy atom. The van der Waals surface area contributed by atoms with E-state index in [0.717, 1.165) is 15.6 Å². The average Bonchev–Trinajstić information content (AvgIpc) is 2.82. The molecule has 5 nitrogen and oxygen atoms in total. The summed E-state index contributed by atoms with van der Waals surface area (Å²) in [6.07, 6.45) is 0.540. The van der Waals surface area contributed by atoms with Crippen molar-refractivity contribution in [2.75, 3.05) is 0 Å². The van der Waals surface area contributed by atoms with Crippen molar-refractivity contribution in [3.63, 3.8) is 0 Å². The van der Waals surface area contributed by atoms with Crippen LogP contribution in [0.5, 0.6) is 11.6 Å². The lowest BCUT2D eigenvalue weighted by Gasteiger charge is -2.11. The van der Waals surface area contributed by atoms with Crippen LogP contribution in [0.1, 0.15) is 30.7 Å². The SMILES string of the molecule is CCc1c(CC(=O)O)nn(CC)c1Oc1cc(Cl)cc(CI)c1. The van der Waals surface area contributed by atoms with Gasteiger partial charge in [0.1, 0.15) is 5.75 Å². The predicted molar refractivity (Wildman–Crippen MR) is 97.9 cm³/mol. The third kappa shape index (κ3) is 4.38. The first-order valence-corrected chi connectivity index (χ1v) is 9.22. The monoisotopic (exact) mass is 448 g/mol. The van der Waals surface area contributed by atoms with Crippen LogP contribution in [-0.2, 0) is 28.6 Å². The number of aliphatic carboxylic acids is 1. The molecule has 0 fully saturated rings. The molecule has 1 aromatic heterocycles. The van der Waals surface area contributed by atoms with E-state index >= 15 is 0 Å². The minimum Gasteiger partial charge on any atom is -0.481 e. The number of carboxylic acid groups (broad SMARTS) is 1. The van der Waals surface area contributed by atoms with Crippen molar-refractivity contribution in [2.45, 2.75) is 37.7 Å².